The van der Waals surface area contributed by atoms with Crippen LogP contribution in [0, 0.1) is 22.9 Å². The molecule has 2 aromatic heterocycles. The molecule has 31 heavy (non-hydrogen) atoms. The van der Waals surface area contributed by atoms with Crippen molar-refractivity contribution in [3.63, 3.8) is 0 Å². The number of nitrogens with zero attached hydrogens (tertiary/aromatic N) is 5. The molecule has 1 aliphatic rings. The van der Waals surface area contributed by atoms with Gasteiger partial charge in [-0.1, -0.05) is 0 Å². The smallest absolute Gasteiger partial charge is 0.272 e. The first-order valence-electron chi connectivity index (χ1n) is 9.40. The second kappa shape index (κ2) is 7.20. The van der Waals surface area contributed by atoms with Gasteiger partial charge in [0.05, 0.1) is 16.3 Å². The zero-order valence-corrected chi connectivity index (χ0v) is 16.9. The summed E-state index contributed by atoms with van der Waals surface area (Å²) in [7, 11) is 0. The number of carbonyl (C=O) groups is 1. The summed E-state index contributed by atoms with van der Waals surface area (Å²) in [6.45, 7) is 1.83. The second-order valence-electron chi connectivity index (χ2n) is 7.22. The summed E-state index contributed by atoms with van der Waals surface area (Å²) in [5.41, 5.74) is 1.09. The molecule has 1 aliphatic carbocycles. The zero-order chi connectivity index (χ0) is 21.7. The standard InChI is InChI=1S/C20H14FN5O4S/c1-10-9-22-19(31-10)20(27)25(14-5-4-12(21)8-13(14)11-2-3-11)15-6-7-16(26(28)29)18-17(15)23-30-24-18/h4-9,11H,2-3H2,1H3. The normalized spacial score (nSPS) is 13.5. The molecular formula is C20H14FN5O4S. The fourth-order valence-electron chi connectivity index (χ4n) is 3.52. The van der Waals surface area contributed by atoms with Crippen LogP contribution in [0.5, 0.6) is 0 Å². The Morgan fingerprint density at radius 3 is 2.65 bits per heavy atom. The van der Waals surface area contributed by atoms with Gasteiger partial charge in [-0.15, -0.1) is 11.3 Å². The van der Waals surface area contributed by atoms with Gasteiger partial charge in [0.25, 0.3) is 5.91 Å². The van der Waals surface area contributed by atoms with E-state index in [1.807, 2.05) is 6.92 Å². The molecule has 5 rings (SSSR count). The summed E-state index contributed by atoms with van der Waals surface area (Å²) in [5.74, 6) is -0.729. The Balaban J connectivity index is 1.76. The summed E-state index contributed by atoms with van der Waals surface area (Å²) in [6.07, 6.45) is 3.36. The minimum atomic E-state index is -0.597. The van der Waals surface area contributed by atoms with E-state index in [1.54, 1.807) is 6.20 Å². The van der Waals surface area contributed by atoms with E-state index in [4.69, 9.17) is 4.63 Å². The van der Waals surface area contributed by atoms with Crippen molar-refractivity contribution in [2.45, 2.75) is 25.7 Å². The van der Waals surface area contributed by atoms with Gasteiger partial charge in [0.2, 0.25) is 5.52 Å². The number of nitro benzene ring substituents is 1. The van der Waals surface area contributed by atoms with Crippen LogP contribution in [0.1, 0.15) is 39.0 Å². The van der Waals surface area contributed by atoms with E-state index in [-0.39, 0.29) is 33.3 Å². The first kappa shape index (κ1) is 19.2. The number of hydrogen-bond acceptors (Lipinski definition) is 8. The minimum absolute atomic E-state index is 0.0573. The van der Waals surface area contributed by atoms with Crippen LogP contribution >= 0.6 is 11.3 Å². The number of fused-ring (bicyclic) bond motifs is 1. The van der Waals surface area contributed by atoms with Crippen LogP contribution in [0.4, 0.5) is 21.5 Å². The molecule has 9 nitrogen and oxygen atoms in total. The highest BCUT2D eigenvalue weighted by Gasteiger charge is 2.34. The number of hydrogen-bond donors (Lipinski definition) is 0. The molecule has 1 fully saturated rings. The summed E-state index contributed by atoms with van der Waals surface area (Å²) in [6, 6.07) is 6.89. The van der Waals surface area contributed by atoms with E-state index in [9.17, 15) is 19.3 Å². The second-order valence-corrected chi connectivity index (χ2v) is 8.45. The van der Waals surface area contributed by atoms with E-state index in [0.717, 1.165) is 17.7 Å². The van der Waals surface area contributed by atoms with Crippen molar-refractivity contribution >= 4 is 45.3 Å². The van der Waals surface area contributed by atoms with Crippen molar-refractivity contribution in [3.8, 4) is 0 Å². The van der Waals surface area contributed by atoms with Gasteiger partial charge in [0.1, 0.15) is 5.82 Å². The number of nitro groups is 1. The molecule has 0 saturated heterocycles. The van der Waals surface area contributed by atoms with E-state index >= 15 is 0 Å². The number of non-ortho nitro benzene ring substituents is 1. The molecule has 156 valence electrons. The van der Waals surface area contributed by atoms with Gasteiger partial charge in [-0.2, -0.15) is 0 Å². The lowest BCUT2D eigenvalue weighted by Gasteiger charge is -2.24. The van der Waals surface area contributed by atoms with Gasteiger partial charge in [0, 0.05) is 17.1 Å². The van der Waals surface area contributed by atoms with Crippen molar-refractivity contribution in [2.24, 2.45) is 0 Å². The Bertz CT molecular complexity index is 1350. The molecule has 4 aromatic rings. The Labute approximate surface area is 178 Å². The molecule has 1 amide bonds. The highest BCUT2D eigenvalue weighted by atomic mass is 32.1. The molecule has 11 heteroatoms. The number of anilines is 2. The van der Waals surface area contributed by atoms with Crippen LogP contribution < -0.4 is 4.90 Å². The van der Waals surface area contributed by atoms with E-state index in [1.165, 1.54) is 46.6 Å². The lowest BCUT2D eigenvalue weighted by atomic mass is 10.1. The molecule has 0 atom stereocenters. The van der Waals surface area contributed by atoms with E-state index in [0.29, 0.717) is 11.3 Å². The van der Waals surface area contributed by atoms with Gasteiger partial charge in [0.15, 0.2) is 10.5 Å². The molecule has 0 unspecified atom stereocenters. The fourth-order valence-corrected chi connectivity index (χ4v) is 4.21. The number of rotatable bonds is 5. The van der Waals surface area contributed by atoms with Crippen LogP contribution in [-0.4, -0.2) is 26.1 Å². The number of halogens is 1. The Morgan fingerprint density at radius 1 is 1.23 bits per heavy atom. The average molecular weight is 439 g/mol. The lowest BCUT2D eigenvalue weighted by molar-refractivity contribution is -0.383. The number of amides is 1. The third-order valence-electron chi connectivity index (χ3n) is 5.07. The molecule has 0 spiro atoms. The zero-order valence-electron chi connectivity index (χ0n) is 16.1. The highest BCUT2D eigenvalue weighted by molar-refractivity contribution is 7.13. The average Bonchev–Trinajstić information content (AvgIpc) is 3.30. The van der Waals surface area contributed by atoms with Gasteiger partial charge >= 0.3 is 5.69 Å². The SMILES string of the molecule is Cc1cnc(C(=O)N(c2ccc(F)cc2C2CC2)c2ccc([N+](=O)[O-])c3nonc23)s1. The summed E-state index contributed by atoms with van der Waals surface area (Å²) in [5, 5.41) is 19.1. The van der Waals surface area contributed by atoms with Crippen LogP contribution in [0.25, 0.3) is 11.0 Å². The summed E-state index contributed by atoms with van der Waals surface area (Å²) < 4.78 is 18.8. The molecule has 0 N–H and O–H groups in total. The maximum absolute atomic E-state index is 14.0. The van der Waals surface area contributed by atoms with Crippen molar-refractivity contribution in [3.05, 3.63) is 67.9 Å². The number of aromatic nitrogens is 3. The molecule has 2 aromatic carbocycles. The summed E-state index contributed by atoms with van der Waals surface area (Å²) >= 11 is 1.22. The van der Waals surface area contributed by atoms with Crippen molar-refractivity contribution in [2.75, 3.05) is 4.90 Å². The number of aryl methyl sites for hydroxylation is 1. The number of thiazole rings is 1. The maximum atomic E-state index is 14.0. The first-order valence-corrected chi connectivity index (χ1v) is 10.2. The first-order chi connectivity index (χ1) is 14.9. The topological polar surface area (TPSA) is 115 Å². The maximum Gasteiger partial charge on any atom is 0.300 e. The number of benzene rings is 2. The third-order valence-corrected chi connectivity index (χ3v) is 5.97. The van der Waals surface area contributed by atoms with Crippen molar-refractivity contribution < 1.29 is 18.7 Å². The predicted octanol–water partition coefficient (Wildman–Crippen LogP) is 4.89. The van der Waals surface area contributed by atoms with Crippen molar-refractivity contribution in [1.82, 2.24) is 15.3 Å². The van der Waals surface area contributed by atoms with Crippen LogP contribution in [0.15, 0.2) is 41.2 Å². The summed E-state index contributed by atoms with van der Waals surface area (Å²) in [4.78, 5) is 30.8. The monoisotopic (exact) mass is 439 g/mol. The van der Waals surface area contributed by atoms with Gasteiger partial charge in [-0.05, 0) is 65.8 Å². The minimum Gasteiger partial charge on any atom is -0.272 e. The molecule has 0 aliphatic heterocycles. The molecule has 2 heterocycles. The van der Waals surface area contributed by atoms with Gasteiger partial charge in [-0.3, -0.25) is 19.8 Å². The number of carbonyl (C=O) groups excluding carboxylic acids is 1. The third kappa shape index (κ3) is 3.32. The molecule has 0 radical (unpaired) electrons. The Hall–Kier alpha value is -3.73. The van der Waals surface area contributed by atoms with Crippen molar-refractivity contribution in [1.29, 1.82) is 0 Å². The van der Waals surface area contributed by atoms with Gasteiger partial charge < -0.3 is 0 Å². The van der Waals surface area contributed by atoms with E-state index < -0.39 is 16.6 Å². The highest BCUT2D eigenvalue weighted by Crippen LogP contribution is 2.47. The van der Waals surface area contributed by atoms with Crippen LogP contribution in [0.3, 0.4) is 0 Å². The molecule has 0 bridgehead atoms. The molecular weight excluding hydrogens is 425 g/mol. The lowest BCUT2D eigenvalue weighted by Crippen LogP contribution is -2.27. The Morgan fingerprint density at radius 2 is 1.97 bits per heavy atom. The Kier molecular flexibility index (Phi) is 4.47. The van der Waals surface area contributed by atoms with E-state index in [2.05, 4.69) is 15.3 Å². The molecule has 1 saturated carbocycles. The largest absolute Gasteiger partial charge is 0.300 e. The fraction of sp³-hybridized carbons (Fsp3) is 0.200. The van der Waals surface area contributed by atoms with Crippen LogP contribution in [-0.2, 0) is 0 Å². The van der Waals surface area contributed by atoms with Crippen LogP contribution in [0.2, 0.25) is 0 Å². The van der Waals surface area contributed by atoms with Gasteiger partial charge in [-0.25, -0.2) is 14.0 Å². The quantitative estimate of drug-likeness (QED) is 0.321. The predicted molar refractivity (Wildman–Crippen MR) is 110 cm³/mol.